The maximum absolute atomic E-state index is 12.0. The van der Waals surface area contributed by atoms with Gasteiger partial charge in [-0.2, -0.15) is 0 Å². The van der Waals surface area contributed by atoms with Gasteiger partial charge in [-0.3, -0.25) is 0 Å². The zero-order valence-corrected chi connectivity index (χ0v) is 12.1. The molecule has 0 aromatic carbocycles. The minimum absolute atomic E-state index is 0.000690. The van der Waals surface area contributed by atoms with Crippen LogP contribution in [0.3, 0.4) is 0 Å². The van der Waals surface area contributed by atoms with Gasteiger partial charge in [-0.1, -0.05) is 0 Å². The number of hydrogen-bond acceptors (Lipinski definition) is 2. The Morgan fingerprint density at radius 2 is 2.00 bits per heavy atom. The van der Waals surface area contributed by atoms with Crippen molar-refractivity contribution in [1.29, 1.82) is 0 Å². The third kappa shape index (κ3) is 3.78. The van der Waals surface area contributed by atoms with Gasteiger partial charge in [-0.15, -0.1) is 0 Å². The van der Waals surface area contributed by atoms with E-state index in [1.54, 1.807) is 6.26 Å². The van der Waals surface area contributed by atoms with Crippen molar-refractivity contribution in [2.75, 3.05) is 0 Å². The van der Waals surface area contributed by atoms with Crippen LogP contribution >= 0.6 is 0 Å². The molecular weight excluding hydrogens is 252 g/mol. The van der Waals surface area contributed by atoms with Crippen LogP contribution in [0.5, 0.6) is 0 Å². The molecule has 2 aliphatic rings. The summed E-state index contributed by atoms with van der Waals surface area (Å²) in [6, 6.07) is 4.46. The Bertz CT molecular complexity index is 423. The molecule has 4 nitrogen and oxygen atoms in total. The normalized spacial score (nSPS) is 19.9. The highest BCUT2D eigenvalue weighted by atomic mass is 16.3. The number of carbonyl (C=O) groups excluding carboxylic acids is 1. The van der Waals surface area contributed by atoms with Crippen LogP contribution in [0.25, 0.3) is 0 Å². The van der Waals surface area contributed by atoms with Crippen molar-refractivity contribution in [2.45, 2.75) is 57.5 Å². The Morgan fingerprint density at radius 3 is 2.55 bits per heavy atom. The number of hydrogen-bond donors (Lipinski definition) is 2. The fourth-order valence-electron chi connectivity index (χ4n) is 2.83. The molecule has 1 aromatic heterocycles. The molecule has 0 saturated heterocycles. The molecule has 1 heterocycles. The maximum Gasteiger partial charge on any atom is 0.315 e. The maximum atomic E-state index is 12.0. The van der Waals surface area contributed by atoms with Crippen LogP contribution in [-0.4, -0.2) is 18.1 Å². The van der Waals surface area contributed by atoms with E-state index >= 15 is 0 Å². The number of furan rings is 1. The Balaban J connectivity index is 1.38. The highest BCUT2D eigenvalue weighted by molar-refractivity contribution is 5.74. The lowest BCUT2D eigenvalue weighted by atomic mass is 10.1. The largest absolute Gasteiger partial charge is 0.469 e. The van der Waals surface area contributed by atoms with Gasteiger partial charge >= 0.3 is 6.03 Å². The van der Waals surface area contributed by atoms with Gasteiger partial charge in [0.25, 0.3) is 0 Å². The first-order valence-electron chi connectivity index (χ1n) is 7.82. The van der Waals surface area contributed by atoms with Crippen molar-refractivity contribution >= 4 is 6.03 Å². The summed E-state index contributed by atoms with van der Waals surface area (Å²) in [4.78, 5) is 12.0. The van der Waals surface area contributed by atoms with Gasteiger partial charge in [0.2, 0.25) is 0 Å². The predicted molar refractivity (Wildman–Crippen MR) is 77.4 cm³/mol. The molecule has 0 radical (unpaired) electrons. The summed E-state index contributed by atoms with van der Waals surface area (Å²) in [6.45, 7) is 2.05. The molecule has 2 fully saturated rings. The van der Waals surface area contributed by atoms with Crippen LogP contribution in [0.2, 0.25) is 0 Å². The van der Waals surface area contributed by atoms with E-state index in [1.807, 2.05) is 19.1 Å². The number of rotatable bonds is 7. The summed E-state index contributed by atoms with van der Waals surface area (Å²) in [7, 11) is 0. The Labute approximate surface area is 120 Å². The molecule has 0 aliphatic heterocycles. The zero-order valence-electron chi connectivity index (χ0n) is 12.1. The molecular formula is C16H24N2O2. The lowest BCUT2D eigenvalue weighted by Gasteiger charge is -2.20. The molecule has 110 valence electrons. The van der Waals surface area contributed by atoms with Crippen LogP contribution in [0.15, 0.2) is 22.8 Å². The van der Waals surface area contributed by atoms with Crippen molar-refractivity contribution in [3.63, 3.8) is 0 Å². The first kappa shape index (κ1) is 13.5. The van der Waals surface area contributed by atoms with E-state index in [9.17, 15) is 4.79 Å². The molecule has 0 spiro atoms. The van der Waals surface area contributed by atoms with Crippen LogP contribution in [-0.2, 0) is 6.42 Å². The SMILES string of the molecule is C[C@@H](CCc1ccco1)NC(=O)NC(C1CC1)C1CC1. The van der Waals surface area contributed by atoms with Gasteiger partial charge in [0.1, 0.15) is 5.76 Å². The van der Waals surface area contributed by atoms with E-state index in [4.69, 9.17) is 4.42 Å². The van der Waals surface area contributed by atoms with E-state index in [2.05, 4.69) is 10.6 Å². The van der Waals surface area contributed by atoms with Crippen LogP contribution < -0.4 is 10.6 Å². The fraction of sp³-hybridized carbons (Fsp3) is 0.688. The monoisotopic (exact) mass is 276 g/mol. The third-order valence-electron chi connectivity index (χ3n) is 4.34. The zero-order chi connectivity index (χ0) is 13.9. The van der Waals surface area contributed by atoms with Gasteiger partial charge in [-0.25, -0.2) is 4.79 Å². The van der Waals surface area contributed by atoms with E-state index in [0.29, 0.717) is 6.04 Å². The van der Waals surface area contributed by atoms with E-state index in [1.165, 1.54) is 25.7 Å². The second-order valence-corrected chi connectivity index (χ2v) is 6.34. The molecule has 2 aliphatic carbocycles. The standard InChI is InChI=1S/C16H24N2O2/c1-11(4-9-14-3-2-10-20-14)17-16(19)18-15(12-5-6-12)13-7-8-13/h2-3,10-13,15H,4-9H2,1H3,(H2,17,18,19)/t11-/m0/s1. The van der Waals surface area contributed by atoms with Gasteiger partial charge < -0.3 is 15.1 Å². The molecule has 4 heteroatoms. The second-order valence-electron chi connectivity index (χ2n) is 6.34. The van der Waals surface area contributed by atoms with E-state index < -0.39 is 0 Å². The summed E-state index contributed by atoms with van der Waals surface area (Å²) >= 11 is 0. The molecule has 0 bridgehead atoms. The summed E-state index contributed by atoms with van der Waals surface area (Å²) < 4.78 is 5.30. The summed E-state index contributed by atoms with van der Waals surface area (Å²) in [5.74, 6) is 2.46. The van der Waals surface area contributed by atoms with Gasteiger partial charge in [0.05, 0.1) is 6.26 Å². The average molecular weight is 276 g/mol. The molecule has 2 amide bonds. The van der Waals surface area contributed by atoms with E-state index in [-0.39, 0.29) is 12.1 Å². The number of nitrogens with one attached hydrogen (secondary N) is 2. The van der Waals surface area contributed by atoms with Crippen molar-refractivity contribution < 1.29 is 9.21 Å². The molecule has 0 unspecified atom stereocenters. The van der Waals surface area contributed by atoms with Crippen molar-refractivity contribution in [2.24, 2.45) is 11.8 Å². The van der Waals surface area contributed by atoms with Crippen LogP contribution in [0.4, 0.5) is 4.79 Å². The molecule has 2 saturated carbocycles. The highest BCUT2D eigenvalue weighted by Crippen LogP contribution is 2.44. The number of aryl methyl sites for hydroxylation is 1. The summed E-state index contributed by atoms with van der Waals surface area (Å²) in [6.07, 6.45) is 8.60. The third-order valence-corrected chi connectivity index (χ3v) is 4.34. The molecule has 2 N–H and O–H groups in total. The average Bonchev–Trinajstić information content (AvgIpc) is 3.34. The predicted octanol–water partition coefficient (Wildman–Crippen LogP) is 3.09. The van der Waals surface area contributed by atoms with E-state index in [0.717, 1.165) is 30.4 Å². The van der Waals surface area contributed by atoms with Crippen molar-refractivity contribution in [3.8, 4) is 0 Å². The van der Waals surface area contributed by atoms with Gasteiger partial charge in [-0.05, 0) is 63.0 Å². The minimum Gasteiger partial charge on any atom is -0.469 e. The molecule has 3 rings (SSSR count). The summed E-state index contributed by atoms with van der Waals surface area (Å²) in [5.41, 5.74) is 0. The van der Waals surface area contributed by atoms with Crippen LogP contribution in [0.1, 0.15) is 44.8 Å². The smallest absolute Gasteiger partial charge is 0.315 e. The van der Waals surface area contributed by atoms with Gasteiger partial charge in [0.15, 0.2) is 0 Å². The minimum atomic E-state index is 0.000690. The number of amides is 2. The van der Waals surface area contributed by atoms with Gasteiger partial charge in [0, 0.05) is 18.5 Å². The lowest BCUT2D eigenvalue weighted by molar-refractivity contribution is 0.229. The molecule has 20 heavy (non-hydrogen) atoms. The quantitative estimate of drug-likeness (QED) is 0.804. The molecule has 1 aromatic rings. The highest BCUT2D eigenvalue weighted by Gasteiger charge is 2.42. The molecule has 1 atom stereocenters. The number of carbonyl (C=O) groups is 1. The lowest BCUT2D eigenvalue weighted by Crippen LogP contribution is -2.47. The van der Waals surface area contributed by atoms with Crippen molar-refractivity contribution in [1.82, 2.24) is 10.6 Å². The van der Waals surface area contributed by atoms with Crippen molar-refractivity contribution in [3.05, 3.63) is 24.2 Å². The summed E-state index contributed by atoms with van der Waals surface area (Å²) in [5, 5.41) is 6.24. The Morgan fingerprint density at radius 1 is 1.30 bits per heavy atom. The Hall–Kier alpha value is -1.45. The number of urea groups is 1. The second kappa shape index (κ2) is 5.90. The van der Waals surface area contributed by atoms with Crippen LogP contribution in [0, 0.1) is 11.8 Å². The fourth-order valence-corrected chi connectivity index (χ4v) is 2.83. The topological polar surface area (TPSA) is 54.3 Å². The first-order chi connectivity index (χ1) is 9.72. The first-order valence-corrected chi connectivity index (χ1v) is 7.82. The Kier molecular flexibility index (Phi) is 3.99.